The fraction of sp³-hybridized carbons (Fsp3) is 0.333. The number of fused-ring (bicyclic) bond motifs is 1. The highest BCUT2D eigenvalue weighted by atomic mass is 15.3. The molecule has 0 aliphatic carbocycles. The second-order valence-corrected chi connectivity index (χ2v) is 2.34. The van der Waals surface area contributed by atoms with Gasteiger partial charge in [-0.1, -0.05) is 0 Å². The lowest BCUT2D eigenvalue weighted by molar-refractivity contribution is 0.765. The van der Waals surface area contributed by atoms with Gasteiger partial charge in [-0.2, -0.15) is 5.10 Å². The van der Waals surface area contributed by atoms with Crippen LogP contribution in [0.15, 0.2) is 6.33 Å². The van der Waals surface area contributed by atoms with E-state index in [-0.39, 0.29) is 0 Å². The van der Waals surface area contributed by atoms with Crippen LogP contribution in [0, 0.1) is 6.92 Å². The zero-order valence-electron chi connectivity index (χ0n) is 6.31. The van der Waals surface area contributed by atoms with Gasteiger partial charge in [0.25, 0.3) is 0 Å². The number of nitrogens with zero attached hydrogens (tertiary/aromatic N) is 5. The lowest BCUT2D eigenvalue weighted by Crippen LogP contribution is -1.93. The van der Waals surface area contributed by atoms with Gasteiger partial charge in [0.2, 0.25) is 0 Å². The van der Waals surface area contributed by atoms with Crippen molar-refractivity contribution in [3.63, 3.8) is 0 Å². The van der Waals surface area contributed by atoms with Crippen molar-refractivity contribution in [3.8, 4) is 0 Å². The molecule has 56 valence electrons. The first-order chi connectivity index (χ1) is 5.29. The summed E-state index contributed by atoms with van der Waals surface area (Å²) >= 11 is 0. The van der Waals surface area contributed by atoms with Crippen molar-refractivity contribution >= 4 is 11.2 Å². The Morgan fingerprint density at radius 2 is 2.27 bits per heavy atom. The Balaban J connectivity index is 2.95. The van der Waals surface area contributed by atoms with E-state index < -0.39 is 0 Å². The van der Waals surface area contributed by atoms with Crippen LogP contribution in [0.5, 0.6) is 0 Å². The van der Waals surface area contributed by atoms with Crippen LogP contribution in [-0.2, 0) is 7.05 Å². The molecule has 5 nitrogen and oxygen atoms in total. The molecular formula is C6H7N5. The third-order valence-corrected chi connectivity index (χ3v) is 1.55. The van der Waals surface area contributed by atoms with Crippen LogP contribution >= 0.6 is 0 Å². The molecule has 0 amide bonds. The van der Waals surface area contributed by atoms with E-state index in [9.17, 15) is 0 Å². The van der Waals surface area contributed by atoms with Gasteiger partial charge >= 0.3 is 0 Å². The highest BCUT2D eigenvalue weighted by Gasteiger charge is 2.05. The maximum absolute atomic E-state index is 4.14. The summed E-state index contributed by atoms with van der Waals surface area (Å²) in [6.07, 6.45) is 1.43. The first-order valence-corrected chi connectivity index (χ1v) is 3.26. The molecule has 2 aromatic heterocycles. The SMILES string of the molecule is Cc1nn(C)c2nncnc12. The zero-order valence-corrected chi connectivity index (χ0v) is 6.31. The molecular weight excluding hydrogens is 142 g/mol. The summed E-state index contributed by atoms with van der Waals surface area (Å²) in [7, 11) is 1.83. The Labute approximate surface area is 63.1 Å². The van der Waals surface area contributed by atoms with Crippen LogP contribution in [-0.4, -0.2) is 25.0 Å². The lowest BCUT2D eigenvalue weighted by atomic mass is 10.4. The number of aromatic nitrogens is 5. The van der Waals surface area contributed by atoms with Crippen molar-refractivity contribution in [1.29, 1.82) is 0 Å². The highest BCUT2D eigenvalue weighted by molar-refractivity contribution is 5.71. The Kier molecular flexibility index (Phi) is 1.12. The maximum Gasteiger partial charge on any atom is 0.199 e. The largest absolute Gasteiger partial charge is 0.247 e. The van der Waals surface area contributed by atoms with Crippen LogP contribution in [0.2, 0.25) is 0 Å². The van der Waals surface area contributed by atoms with E-state index in [2.05, 4.69) is 20.3 Å². The van der Waals surface area contributed by atoms with Gasteiger partial charge in [-0.05, 0) is 6.92 Å². The number of aryl methyl sites for hydroxylation is 2. The van der Waals surface area contributed by atoms with Gasteiger partial charge in [-0.3, -0.25) is 0 Å². The average Bonchev–Trinajstić information content (AvgIpc) is 2.30. The molecule has 0 radical (unpaired) electrons. The second kappa shape index (κ2) is 1.98. The zero-order chi connectivity index (χ0) is 7.84. The molecule has 2 aromatic rings. The smallest absolute Gasteiger partial charge is 0.199 e. The maximum atomic E-state index is 4.14. The fourth-order valence-electron chi connectivity index (χ4n) is 1.06. The molecule has 0 unspecified atom stereocenters. The molecule has 2 rings (SSSR count). The predicted molar refractivity (Wildman–Crippen MR) is 38.8 cm³/mol. The van der Waals surface area contributed by atoms with Gasteiger partial charge in [0.1, 0.15) is 11.8 Å². The van der Waals surface area contributed by atoms with Crippen molar-refractivity contribution in [2.24, 2.45) is 7.05 Å². The topological polar surface area (TPSA) is 56.5 Å². The van der Waals surface area contributed by atoms with E-state index in [1.165, 1.54) is 6.33 Å². The van der Waals surface area contributed by atoms with E-state index >= 15 is 0 Å². The molecule has 0 saturated carbocycles. The summed E-state index contributed by atoms with van der Waals surface area (Å²) in [5, 5.41) is 11.7. The molecule has 11 heavy (non-hydrogen) atoms. The molecule has 0 bridgehead atoms. The molecule has 0 atom stereocenters. The standard InChI is InChI=1S/C6H7N5/c1-4-5-6(11(2)10-4)9-8-3-7-5/h3H,1-2H3. The van der Waals surface area contributed by atoms with E-state index in [1.54, 1.807) is 4.68 Å². The van der Waals surface area contributed by atoms with Gasteiger partial charge in [0.05, 0.1) is 5.69 Å². The molecule has 0 saturated heterocycles. The Morgan fingerprint density at radius 3 is 3.00 bits per heavy atom. The molecule has 0 fully saturated rings. The monoisotopic (exact) mass is 149 g/mol. The number of rotatable bonds is 0. The van der Waals surface area contributed by atoms with E-state index in [4.69, 9.17) is 0 Å². The van der Waals surface area contributed by atoms with Gasteiger partial charge in [0.15, 0.2) is 5.65 Å². The minimum absolute atomic E-state index is 0.727. The fourth-order valence-corrected chi connectivity index (χ4v) is 1.06. The average molecular weight is 149 g/mol. The molecule has 5 heteroatoms. The van der Waals surface area contributed by atoms with Crippen LogP contribution in [0.4, 0.5) is 0 Å². The van der Waals surface area contributed by atoms with E-state index in [0.717, 1.165) is 16.9 Å². The quantitative estimate of drug-likeness (QED) is 0.531. The van der Waals surface area contributed by atoms with Gasteiger partial charge in [-0.25, -0.2) is 9.67 Å². The Hall–Kier alpha value is -1.52. The van der Waals surface area contributed by atoms with Crippen LogP contribution < -0.4 is 0 Å². The van der Waals surface area contributed by atoms with Crippen LogP contribution in [0.1, 0.15) is 5.69 Å². The molecule has 0 N–H and O–H groups in total. The van der Waals surface area contributed by atoms with Crippen molar-refractivity contribution in [2.75, 3.05) is 0 Å². The van der Waals surface area contributed by atoms with Crippen molar-refractivity contribution in [2.45, 2.75) is 6.92 Å². The minimum Gasteiger partial charge on any atom is -0.247 e. The van der Waals surface area contributed by atoms with E-state index in [0.29, 0.717) is 0 Å². The summed E-state index contributed by atoms with van der Waals surface area (Å²) in [5.41, 5.74) is 2.44. The third kappa shape index (κ3) is 0.772. The predicted octanol–water partition coefficient (Wildman–Crippen LogP) is 0.0667. The number of hydrogen-bond acceptors (Lipinski definition) is 4. The van der Waals surface area contributed by atoms with E-state index in [1.807, 2.05) is 14.0 Å². The molecule has 2 heterocycles. The Bertz CT molecular complexity index is 355. The van der Waals surface area contributed by atoms with Crippen molar-refractivity contribution in [1.82, 2.24) is 25.0 Å². The molecule has 0 aromatic carbocycles. The molecule has 0 spiro atoms. The van der Waals surface area contributed by atoms with Crippen LogP contribution in [0.3, 0.4) is 0 Å². The summed E-state index contributed by atoms with van der Waals surface area (Å²) in [5.74, 6) is 0. The van der Waals surface area contributed by atoms with Crippen LogP contribution in [0.25, 0.3) is 11.2 Å². The first-order valence-electron chi connectivity index (χ1n) is 3.26. The van der Waals surface area contributed by atoms with Gasteiger partial charge < -0.3 is 0 Å². The van der Waals surface area contributed by atoms with Gasteiger partial charge in [-0.15, -0.1) is 10.2 Å². The second-order valence-electron chi connectivity index (χ2n) is 2.34. The first kappa shape index (κ1) is 6.21. The normalized spacial score (nSPS) is 10.7. The van der Waals surface area contributed by atoms with Crippen molar-refractivity contribution < 1.29 is 0 Å². The molecule has 0 aliphatic heterocycles. The summed E-state index contributed by atoms with van der Waals surface area (Å²) in [6, 6.07) is 0. The summed E-state index contributed by atoms with van der Waals surface area (Å²) < 4.78 is 1.67. The minimum atomic E-state index is 0.727. The lowest BCUT2D eigenvalue weighted by Gasteiger charge is -1.87. The highest BCUT2D eigenvalue weighted by Crippen LogP contribution is 2.08. The van der Waals surface area contributed by atoms with Crippen molar-refractivity contribution in [3.05, 3.63) is 12.0 Å². The third-order valence-electron chi connectivity index (χ3n) is 1.55. The van der Waals surface area contributed by atoms with Gasteiger partial charge in [0, 0.05) is 7.05 Å². The summed E-state index contributed by atoms with van der Waals surface area (Å²) in [4.78, 5) is 4.04. The molecule has 0 aliphatic rings. The summed E-state index contributed by atoms with van der Waals surface area (Å²) in [6.45, 7) is 1.90. The Morgan fingerprint density at radius 1 is 1.45 bits per heavy atom. The number of hydrogen-bond donors (Lipinski definition) is 0.